The van der Waals surface area contributed by atoms with Crippen LogP contribution in [-0.2, 0) is 13.0 Å². The number of benzene rings is 2. The quantitative estimate of drug-likeness (QED) is 0.910. The van der Waals surface area contributed by atoms with Crippen molar-refractivity contribution < 1.29 is 0 Å². The van der Waals surface area contributed by atoms with Crippen LogP contribution in [0.3, 0.4) is 0 Å². The third kappa shape index (κ3) is 3.46. The molecule has 3 nitrogen and oxygen atoms in total. The predicted molar refractivity (Wildman–Crippen MR) is 91.0 cm³/mol. The van der Waals surface area contributed by atoms with Crippen molar-refractivity contribution in [3.8, 4) is 0 Å². The topological polar surface area (TPSA) is 50.7 Å². The summed E-state index contributed by atoms with van der Waals surface area (Å²) in [5.74, 6) is 0.799. The first-order valence-corrected chi connectivity index (χ1v) is 7.70. The summed E-state index contributed by atoms with van der Waals surface area (Å²) >= 11 is 3.45. The zero-order valence-corrected chi connectivity index (χ0v) is 13.1. The average Bonchev–Trinajstić information content (AvgIpc) is 2.98. The van der Waals surface area contributed by atoms with Crippen LogP contribution in [0.2, 0.25) is 0 Å². The van der Waals surface area contributed by atoms with Crippen LogP contribution in [0.5, 0.6) is 0 Å². The molecule has 0 bridgehead atoms. The molecule has 2 aromatic rings. The van der Waals surface area contributed by atoms with E-state index in [9.17, 15) is 0 Å². The second-order valence-electron chi connectivity index (χ2n) is 5.03. The Kier molecular flexibility index (Phi) is 4.27. The summed E-state index contributed by atoms with van der Waals surface area (Å²) in [7, 11) is 0. The SMILES string of the molecule is NCc1cccc(C2=NC(Cc3ccc(Br)cc3)C=N2)c1. The molecule has 2 aromatic carbocycles. The molecule has 106 valence electrons. The summed E-state index contributed by atoms with van der Waals surface area (Å²) in [6.07, 6.45) is 2.79. The van der Waals surface area contributed by atoms with Gasteiger partial charge in [-0.05, 0) is 35.7 Å². The Morgan fingerprint density at radius 1 is 1.05 bits per heavy atom. The maximum atomic E-state index is 5.68. The lowest BCUT2D eigenvalue weighted by Crippen LogP contribution is -2.07. The lowest BCUT2D eigenvalue weighted by atomic mass is 10.1. The maximum Gasteiger partial charge on any atom is 0.154 e. The van der Waals surface area contributed by atoms with E-state index in [0.29, 0.717) is 6.54 Å². The molecule has 1 aliphatic heterocycles. The van der Waals surface area contributed by atoms with Gasteiger partial charge >= 0.3 is 0 Å². The monoisotopic (exact) mass is 341 g/mol. The number of hydrogen-bond acceptors (Lipinski definition) is 3. The zero-order chi connectivity index (χ0) is 14.7. The minimum Gasteiger partial charge on any atom is -0.326 e. The Bertz CT molecular complexity index is 689. The molecule has 21 heavy (non-hydrogen) atoms. The van der Waals surface area contributed by atoms with Crippen LogP contribution in [0, 0.1) is 0 Å². The molecule has 0 saturated heterocycles. The molecule has 1 unspecified atom stereocenters. The number of aliphatic imine (C=N–C) groups is 2. The summed E-state index contributed by atoms with van der Waals surface area (Å²) in [4.78, 5) is 9.14. The summed E-state index contributed by atoms with van der Waals surface area (Å²) in [5.41, 5.74) is 9.07. The van der Waals surface area contributed by atoms with Gasteiger partial charge in [0.15, 0.2) is 5.84 Å². The van der Waals surface area contributed by atoms with Crippen LogP contribution in [0.25, 0.3) is 0 Å². The first-order valence-electron chi connectivity index (χ1n) is 6.90. The first-order chi connectivity index (χ1) is 10.2. The van der Waals surface area contributed by atoms with Crippen molar-refractivity contribution in [2.24, 2.45) is 15.7 Å². The van der Waals surface area contributed by atoms with E-state index in [0.717, 1.165) is 27.9 Å². The summed E-state index contributed by atoms with van der Waals surface area (Å²) in [5, 5.41) is 0. The standard InChI is InChI=1S/C17H16BrN3/c18-15-6-4-12(5-7-15)9-16-11-20-17(21-16)14-3-1-2-13(8-14)10-19/h1-8,11,16H,9-10,19H2. The van der Waals surface area contributed by atoms with Crippen molar-refractivity contribution in [1.29, 1.82) is 0 Å². The fraction of sp³-hybridized carbons (Fsp3) is 0.176. The lowest BCUT2D eigenvalue weighted by Gasteiger charge is -2.04. The van der Waals surface area contributed by atoms with Crippen LogP contribution >= 0.6 is 15.9 Å². The molecule has 1 heterocycles. The minimum atomic E-state index is 0.114. The average molecular weight is 342 g/mol. The van der Waals surface area contributed by atoms with Gasteiger partial charge in [0.05, 0.1) is 6.04 Å². The van der Waals surface area contributed by atoms with Gasteiger partial charge in [0.1, 0.15) is 0 Å². The molecule has 0 aromatic heterocycles. The molecule has 0 fully saturated rings. The summed E-state index contributed by atoms with van der Waals surface area (Å²) in [6.45, 7) is 0.535. The molecule has 0 radical (unpaired) electrons. The Labute approximate surface area is 132 Å². The molecule has 0 spiro atoms. The van der Waals surface area contributed by atoms with E-state index < -0.39 is 0 Å². The minimum absolute atomic E-state index is 0.114. The van der Waals surface area contributed by atoms with Crippen LogP contribution in [0.15, 0.2) is 63.0 Å². The van der Waals surface area contributed by atoms with Gasteiger partial charge in [0.2, 0.25) is 0 Å². The molecular formula is C17H16BrN3. The second kappa shape index (κ2) is 6.33. The van der Waals surface area contributed by atoms with Crippen molar-refractivity contribution in [2.45, 2.75) is 19.0 Å². The van der Waals surface area contributed by atoms with Gasteiger partial charge in [0, 0.05) is 22.8 Å². The van der Waals surface area contributed by atoms with Gasteiger partial charge < -0.3 is 5.73 Å². The molecule has 3 rings (SSSR count). The molecule has 2 N–H and O–H groups in total. The Hall–Kier alpha value is -1.78. The van der Waals surface area contributed by atoms with Crippen LogP contribution in [0.4, 0.5) is 0 Å². The molecule has 1 aliphatic rings. The lowest BCUT2D eigenvalue weighted by molar-refractivity contribution is 0.879. The smallest absolute Gasteiger partial charge is 0.154 e. The maximum absolute atomic E-state index is 5.68. The van der Waals surface area contributed by atoms with Gasteiger partial charge in [-0.15, -0.1) is 0 Å². The first kappa shape index (κ1) is 14.2. The van der Waals surface area contributed by atoms with Crippen LogP contribution in [-0.4, -0.2) is 18.1 Å². The van der Waals surface area contributed by atoms with E-state index >= 15 is 0 Å². The molecule has 0 amide bonds. The van der Waals surface area contributed by atoms with Crippen molar-refractivity contribution in [3.05, 3.63) is 69.7 Å². The van der Waals surface area contributed by atoms with Crippen molar-refractivity contribution >= 4 is 28.0 Å². The molecule has 0 saturated carbocycles. The Balaban J connectivity index is 1.75. The Morgan fingerprint density at radius 3 is 2.62 bits per heavy atom. The molecular weight excluding hydrogens is 326 g/mol. The second-order valence-corrected chi connectivity index (χ2v) is 5.95. The van der Waals surface area contributed by atoms with Gasteiger partial charge in [-0.2, -0.15) is 0 Å². The van der Waals surface area contributed by atoms with Crippen LogP contribution < -0.4 is 5.73 Å². The van der Waals surface area contributed by atoms with Crippen molar-refractivity contribution in [3.63, 3.8) is 0 Å². The number of halogens is 1. The van der Waals surface area contributed by atoms with Gasteiger partial charge in [-0.1, -0.05) is 46.3 Å². The molecule has 4 heteroatoms. The van der Waals surface area contributed by atoms with E-state index in [1.807, 2.05) is 24.4 Å². The third-order valence-corrected chi connectivity index (χ3v) is 3.96. The highest BCUT2D eigenvalue weighted by Crippen LogP contribution is 2.16. The number of rotatable bonds is 4. The van der Waals surface area contributed by atoms with E-state index in [2.05, 4.69) is 51.3 Å². The highest BCUT2D eigenvalue weighted by molar-refractivity contribution is 9.10. The fourth-order valence-electron chi connectivity index (χ4n) is 2.33. The highest BCUT2D eigenvalue weighted by Gasteiger charge is 2.14. The highest BCUT2D eigenvalue weighted by atomic mass is 79.9. The van der Waals surface area contributed by atoms with E-state index in [4.69, 9.17) is 10.7 Å². The predicted octanol–water partition coefficient (Wildman–Crippen LogP) is 3.35. The molecule has 0 aliphatic carbocycles. The zero-order valence-electron chi connectivity index (χ0n) is 11.5. The number of hydrogen-bond donors (Lipinski definition) is 1. The van der Waals surface area contributed by atoms with E-state index in [1.165, 1.54) is 5.56 Å². The largest absolute Gasteiger partial charge is 0.326 e. The van der Waals surface area contributed by atoms with Crippen molar-refractivity contribution in [1.82, 2.24) is 0 Å². The summed E-state index contributed by atoms with van der Waals surface area (Å²) in [6, 6.07) is 16.5. The number of nitrogens with two attached hydrogens (primary N) is 1. The van der Waals surface area contributed by atoms with Crippen LogP contribution in [0.1, 0.15) is 16.7 Å². The van der Waals surface area contributed by atoms with E-state index in [1.54, 1.807) is 0 Å². The Morgan fingerprint density at radius 2 is 1.86 bits per heavy atom. The van der Waals surface area contributed by atoms with Crippen molar-refractivity contribution in [2.75, 3.05) is 0 Å². The fourth-order valence-corrected chi connectivity index (χ4v) is 2.59. The third-order valence-electron chi connectivity index (χ3n) is 3.44. The van der Waals surface area contributed by atoms with Gasteiger partial charge in [-0.25, -0.2) is 4.99 Å². The summed E-state index contributed by atoms with van der Waals surface area (Å²) < 4.78 is 1.09. The van der Waals surface area contributed by atoms with Gasteiger partial charge in [0.25, 0.3) is 0 Å². The normalized spacial score (nSPS) is 17.0. The number of amidine groups is 1. The van der Waals surface area contributed by atoms with E-state index in [-0.39, 0.29) is 6.04 Å². The molecule has 1 atom stereocenters. The van der Waals surface area contributed by atoms with Gasteiger partial charge in [-0.3, -0.25) is 4.99 Å². The number of nitrogens with zero attached hydrogens (tertiary/aromatic N) is 2.